The van der Waals surface area contributed by atoms with Gasteiger partial charge >= 0.3 is 0 Å². The van der Waals surface area contributed by atoms with Crippen molar-refractivity contribution >= 4 is 23.0 Å². The highest BCUT2D eigenvalue weighted by molar-refractivity contribution is 14.1. The van der Waals surface area contributed by atoms with E-state index in [9.17, 15) is 0 Å². The zero-order valence-corrected chi connectivity index (χ0v) is 9.81. The Bertz CT molecular complexity index is 258. The lowest BCUT2D eigenvalue weighted by Gasteiger charge is -2.08. The minimum Gasteiger partial charge on any atom is -0.427 e. The lowest BCUT2D eigenvalue weighted by molar-refractivity contribution is 0.700. The molecule has 12 heavy (non-hydrogen) atoms. The molecule has 0 atom stereocenters. The Morgan fingerprint density at radius 1 is 1.25 bits per heavy atom. The molecule has 1 aromatic carbocycles. The van der Waals surface area contributed by atoms with Crippen LogP contribution in [-0.4, -0.2) is 0 Å². The molecule has 0 aliphatic heterocycles. The smallest absolute Gasteiger partial charge is 0.192 e. The number of benzene rings is 1. The Balaban J connectivity index is 3.18. The monoisotopic (exact) mass is 276 g/mol. The van der Waals surface area contributed by atoms with E-state index in [1.54, 1.807) is 0 Å². The van der Waals surface area contributed by atoms with Gasteiger partial charge in [-0.2, -0.15) is 0 Å². The summed E-state index contributed by atoms with van der Waals surface area (Å²) in [4.78, 5) is 0. The molecule has 66 valence electrons. The van der Waals surface area contributed by atoms with Crippen molar-refractivity contribution in [3.05, 3.63) is 28.8 Å². The van der Waals surface area contributed by atoms with E-state index in [1.807, 2.05) is 23.0 Å². The molecule has 0 radical (unpaired) electrons. The van der Waals surface area contributed by atoms with Crippen LogP contribution in [0.3, 0.4) is 0 Å². The highest BCUT2D eigenvalue weighted by Gasteiger charge is 2.04. The first-order chi connectivity index (χ1) is 5.69. The minimum atomic E-state index is 1.01. The topological polar surface area (TPSA) is 9.23 Å². The van der Waals surface area contributed by atoms with E-state index >= 15 is 0 Å². The summed E-state index contributed by atoms with van der Waals surface area (Å²) in [6.45, 7) is 6.33. The molecule has 1 aromatic rings. The van der Waals surface area contributed by atoms with Gasteiger partial charge in [0.1, 0.15) is 5.75 Å². The molecule has 0 unspecified atom stereocenters. The molecular formula is C10H13IO. The number of aryl methyl sites for hydroxylation is 3. The van der Waals surface area contributed by atoms with Gasteiger partial charge in [-0.1, -0.05) is 19.1 Å². The predicted octanol–water partition coefficient (Wildman–Crippen LogP) is 3.59. The number of halogens is 1. The SMILES string of the molecule is CCc1cc(C)c(OI)c(C)c1. The second-order valence-electron chi connectivity index (χ2n) is 2.99. The first-order valence-electron chi connectivity index (χ1n) is 4.07. The van der Waals surface area contributed by atoms with Crippen LogP contribution >= 0.6 is 23.0 Å². The van der Waals surface area contributed by atoms with Gasteiger partial charge < -0.3 is 3.07 Å². The Morgan fingerprint density at radius 3 is 2.08 bits per heavy atom. The molecule has 0 fully saturated rings. The number of hydrogen-bond donors (Lipinski definition) is 0. The second kappa shape index (κ2) is 4.12. The lowest BCUT2D eigenvalue weighted by atomic mass is 10.0. The van der Waals surface area contributed by atoms with Crippen molar-refractivity contribution in [2.75, 3.05) is 0 Å². The van der Waals surface area contributed by atoms with Gasteiger partial charge in [-0.15, -0.1) is 0 Å². The Morgan fingerprint density at radius 2 is 1.75 bits per heavy atom. The van der Waals surface area contributed by atoms with Crippen LogP contribution < -0.4 is 3.07 Å². The van der Waals surface area contributed by atoms with Gasteiger partial charge in [-0.25, -0.2) is 0 Å². The number of rotatable bonds is 2. The molecule has 1 nitrogen and oxygen atoms in total. The molecule has 0 bridgehead atoms. The normalized spacial score (nSPS) is 10.0. The highest BCUT2D eigenvalue weighted by atomic mass is 127. The van der Waals surface area contributed by atoms with Gasteiger partial charge in [-0.05, 0) is 37.0 Å². The van der Waals surface area contributed by atoms with Crippen molar-refractivity contribution in [3.63, 3.8) is 0 Å². The third kappa shape index (κ3) is 1.91. The summed E-state index contributed by atoms with van der Waals surface area (Å²) in [5.41, 5.74) is 3.82. The van der Waals surface area contributed by atoms with Gasteiger partial charge in [0.15, 0.2) is 23.0 Å². The van der Waals surface area contributed by atoms with Crippen molar-refractivity contribution in [3.8, 4) is 5.75 Å². The molecular weight excluding hydrogens is 263 g/mol. The first kappa shape index (κ1) is 9.84. The molecule has 0 spiro atoms. The fourth-order valence-corrected chi connectivity index (χ4v) is 2.06. The zero-order chi connectivity index (χ0) is 9.14. The molecule has 2 heteroatoms. The fourth-order valence-electron chi connectivity index (χ4n) is 1.37. The molecule has 0 aliphatic rings. The van der Waals surface area contributed by atoms with Crippen LogP contribution in [0, 0.1) is 13.8 Å². The van der Waals surface area contributed by atoms with E-state index in [0.717, 1.165) is 12.2 Å². The van der Waals surface area contributed by atoms with Crippen LogP contribution in [0.4, 0.5) is 0 Å². The average molecular weight is 276 g/mol. The third-order valence-corrected chi connectivity index (χ3v) is 2.45. The Labute approximate surface area is 87.8 Å². The largest absolute Gasteiger partial charge is 0.427 e. The maximum atomic E-state index is 5.25. The van der Waals surface area contributed by atoms with Crippen molar-refractivity contribution in [2.24, 2.45) is 0 Å². The van der Waals surface area contributed by atoms with Gasteiger partial charge in [0.05, 0.1) is 0 Å². The van der Waals surface area contributed by atoms with Crippen molar-refractivity contribution in [1.29, 1.82) is 0 Å². The van der Waals surface area contributed by atoms with Crippen molar-refractivity contribution in [1.82, 2.24) is 0 Å². The summed E-state index contributed by atoms with van der Waals surface area (Å²) in [5.74, 6) is 1.01. The summed E-state index contributed by atoms with van der Waals surface area (Å²) in [6, 6.07) is 4.36. The Hall–Kier alpha value is -0.250. The number of hydrogen-bond acceptors (Lipinski definition) is 1. The quantitative estimate of drug-likeness (QED) is 0.750. The summed E-state index contributed by atoms with van der Waals surface area (Å²) in [6.07, 6.45) is 1.09. The van der Waals surface area contributed by atoms with Gasteiger partial charge in [0.25, 0.3) is 0 Å². The first-order valence-corrected chi connectivity index (χ1v) is 4.95. The Kier molecular flexibility index (Phi) is 3.38. The molecule has 1 rings (SSSR count). The van der Waals surface area contributed by atoms with Crippen molar-refractivity contribution < 1.29 is 3.07 Å². The molecule has 0 saturated heterocycles. The zero-order valence-electron chi connectivity index (χ0n) is 7.65. The van der Waals surface area contributed by atoms with Crippen LogP contribution in [0.1, 0.15) is 23.6 Å². The minimum absolute atomic E-state index is 1.01. The van der Waals surface area contributed by atoms with Gasteiger partial charge in [0, 0.05) is 0 Å². The summed E-state index contributed by atoms with van der Waals surface area (Å²) in [5, 5.41) is 0. The fraction of sp³-hybridized carbons (Fsp3) is 0.400. The average Bonchev–Trinajstić information content (AvgIpc) is 2.03. The summed E-state index contributed by atoms with van der Waals surface area (Å²) >= 11 is 1.93. The van der Waals surface area contributed by atoms with E-state index in [-0.39, 0.29) is 0 Å². The van der Waals surface area contributed by atoms with Crippen LogP contribution in [0.5, 0.6) is 5.75 Å². The van der Waals surface area contributed by atoms with E-state index in [4.69, 9.17) is 3.07 Å². The van der Waals surface area contributed by atoms with Gasteiger partial charge in [-0.3, -0.25) is 0 Å². The third-order valence-electron chi connectivity index (χ3n) is 2.01. The maximum Gasteiger partial charge on any atom is 0.192 e. The molecule has 0 saturated carbocycles. The molecule has 0 aliphatic carbocycles. The van der Waals surface area contributed by atoms with Crippen LogP contribution in [-0.2, 0) is 6.42 Å². The van der Waals surface area contributed by atoms with E-state index < -0.39 is 0 Å². The predicted molar refractivity (Wildman–Crippen MR) is 59.9 cm³/mol. The molecule has 0 N–H and O–H groups in total. The molecule has 0 amide bonds. The maximum absolute atomic E-state index is 5.25. The standard InChI is InChI=1S/C10H13IO/c1-4-9-5-7(2)10(12-11)8(3)6-9/h5-6H,4H2,1-3H3. The van der Waals surface area contributed by atoms with E-state index in [2.05, 4.69) is 32.9 Å². The second-order valence-corrected chi connectivity index (χ2v) is 3.43. The van der Waals surface area contributed by atoms with E-state index in [0.29, 0.717) is 0 Å². The van der Waals surface area contributed by atoms with Crippen LogP contribution in [0.25, 0.3) is 0 Å². The summed E-state index contributed by atoms with van der Waals surface area (Å²) in [7, 11) is 0. The van der Waals surface area contributed by atoms with Gasteiger partial charge in [0.2, 0.25) is 0 Å². The molecule has 0 heterocycles. The lowest BCUT2D eigenvalue weighted by Crippen LogP contribution is -1.89. The molecule has 0 aromatic heterocycles. The van der Waals surface area contributed by atoms with Crippen LogP contribution in [0.2, 0.25) is 0 Å². The van der Waals surface area contributed by atoms with E-state index in [1.165, 1.54) is 16.7 Å². The summed E-state index contributed by atoms with van der Waals surface area (Å²) < 4.78 is 5.25. The van der Waals surface area contributed by atoms with Crippen LogP contribution in [0.15, 0.2) is 12.1 Å². The van der Waals surface area contributed by atoms with Crippen molar-refractivity contribution in [2.45, 2.75) is 27.2 Å². The highest BCUT2D eigenvalue weighted by Crippen LogP contribution is 2.26.